The number of hydrogen-bond acceptors (Lipinski definition) is 4. The van der Waals surface area contributed by atoms with Crippen molar-refractivity contribution in [3.8, 4) is 0 Å². The Morgan fingerprint density at radius 1 is 0.838 bits per heavy atom. The highest BCUT2D eigenvalue weighted by Gasteiger charge is 2.27. The number of carbonyl (C=O) groups excluding carboxylic acids is 2. The summed E-state index contributed by atoms with van der Waals surface area (Å²) in [7, 11) is -4.18. The number of halogens is 2. The zero-order valence-electron chi connectivity index (χ0n) is 19.4. The zero-order valence-corrected chi connectivity index (χ0v) is 21.0. The van der Waals surface area contributed by atoms with E-state index in [1.807, 2.05) is 0 Å². The van der Waals surface area contributed by atoms with Crippen LogP contribution in [0.5, 0.6) is 0 Å². The molecule has 37 heavy (non-hydrogen) atoms. The van der Waals surface area contributed by atoms with Crippen molar-refractivity contribution in [2.75, 3.05) is 5.32 Å². The van der Waals surface area contributed by atoms with Crippen molar-refractivity contribution in [2.45, 2.75) is 17.4 Å². The Labute approximate surface area is 219 Å². The van der Waals surface area contributed by atoms with Gasteiger partial charge in [0.1, 0.15) is 11.9 Å². The summed E-state index contributed by atoms with van der Waals surface area (Å²) in [5.74, 6) is -1.63. The highest BCUT2D eigenvalue weighted by Crippen LogP contribution is 2.24. The molecule has 1 atom stereocenters. The van der Waals surface area contributed by atoms with Crippen LogP contribution in [-0.2, 0) is 21.2 Å². The summed E-state index contributed by atoms with van der Waals surface area (Å²) in [6.07, 6.45) is 0.0304. The Balaban J connectivity index is 1.65. The van der Waals surface area contributed by atoms with Gasteiger partial charge in [0.2, 0.25) is 15.9 Å². The van der Waals surface area contributed by atoms with E-state index in [2.05, 4.69) is 10.0 Å². The lowest BCUT2D eigenvalue weighted by Gasteiger charge is -2.20. The first kappa shape index (κ1) is 26.2. The molecule has 0 heterocycles. The predicted octanol–water partition coefficient (Wildman–Crippen LogP) is 5.24. The van der Waals surface area contributed by atoms with Crippen molar-refractivity contribution in [2.24, 2.45) is 0 Å². The predicted molar refractivity (Wildman–Crippen MR) is 141 cm³/mol. The van der Waals surface area contributed by atoms with Crippen LogP contribution in [0.25, 0.3) is 0 Å². The van der Waals surface area contributed by atoms with Gasteiger partial charge in [-0.1, -0.05) is 72.3 Å². The van der Waals surface area contributed by atoms with Crippen LogP contribution in [0.1, 0.15) is 21.5 Å². The first-order chi connectivity index (χ1) is 17.7. The number of sulfonamides is 1. The molecule has 0 aromatic heterocycles. The summed E-state index contributed by atoms with van der Waals surface area (Å²) in [5, 5.41) is 2.99. The van der Waals surface area contributed by atoms with E-state index in [9.17, 15) is 22.4 Å². The van der Waals surface area contributed by atoms with E-state index in [0.717, 1.165) is 24.3 Å². The van der Waals surface area contributed by atoms with Gasteiger partial charge in [-0.05, 0) is 54.4 Å². The standard InChI is InChI=1S/C28H22ClFN2O4S/c29-21-11-16-25(24(18-21)27(33)20-9-5-2-6-10-20)31-28(34)26(17-19-7-3-1-4-8-19)32-37(35,36)23-14-12-22(30)13-15-23/h1-16,18,26,32H,17H2,(H,31,34)/t26-/m0/s1. The maximum atomic E-state index is 13.4. The Hall–Kier alpha value is -3.85. The van der Waals surface area contributed by atoms with Crippen LogP contribution >= 0.6 is 11.6 Å². The van der Waals surface area contributed by atoms with Crippen LogP contribution in [0.2, 0.25) is 5.02 Å². The monoisotopic (exact) mass is 536 g/mol. The van der Waals surface area contributed by atoms with Crippen molar-refractivity contribution < 1.29 is 22.4 Å². The third kappa shape index (κ3) is 6.68. The quantitative estimate of drug-likeness (QED) is 0.286. The number of benzene rings is 4. The smallest absolute Gasteiger partial charge is 0.242 e. The van der Waals surface area contributed by atoms with Crippen molar-refractivity contribution in [3.63, 3.8) is 0 Å². The lowest BCUT2D eigenvalue weighted by molar-refractivity contribution is -0.117. The van der Waals surface area contributed by atoms with Crippen LogP contribution in [0.4, 0.5) is 10.1 Å². The molecule has 9 heteroatoms. The summed E-state index contributed by atoms with van der Waals surface area (Å²) in [6, 6.07) is 24.9. The highest BCUT2D eigenvalue weighted by atomic mass is 35.5. The molecule has 0 aliphatic heterocycles. The van der Waals surface area contributed by atoms with Crippen molar-refractivity contribution >= 4 is 39.0 Å². The number of ketones is 1. The fraction of sp³-hybridized carbons (Fsp3) is 0.0714. The summed E-state index contributed by atoms with van der Waals surface area (Å²) < 4.78 is 41.8. The van der Waals surface area contributed by atoms with E-state index in [1.165, 1.54) is 18.2 Å². The van der Waals surface area contributed by atoms with E-state index in [4.69, 9.17) is 11.6 Å². The second kappa shape index (κ2) is 11.5. The Kier molecular flexibility index (Phi) is 8.13. The lowest BCUT2D eigenvalue weighted by Crippen LogP contribution is -2.45. The molecule has 4 rings (SSSR count). The van der Waals surface area contributed by atoms with Gasteiger partial charge in [-0.3, -0.25) is 9.59 Å². The van der Waals surface area contributed by atoms with Crippen LogP contribution in [0, 0.1) is 5.82 Å². The van der Waals surface area contributed by atoms with Crippen LogP contribution in [0.15, 0.2) is 108 Å². The molecule has 188 valence electrons. The highest BCUT2D eigenvalue weighted by molar-refractivity contribution is 7.89. The second-order valence-electron chi connectivity index (χ2n) is 8.19. The fourth-order valence-corrected chi connectivity index (χ4v) is 5.05. The third-order valence-electron chi connectivity index (χ3n) is 5.54. The fourth-order valence-electron chi connectivity index (χ4n) is 3.68. The summed E-state index contributed by atoms with van der Waals surface area (Å²) >= 11 is 6.14. The molecule has 0 fully saturated rings. The normalized spacial score (nSPS) is 12.1. The SMILES string of the molecule is O=C(c1ccccc1)c1cc(Cl)ccc1NC(=O)[C@H](Cc1ccccc1)NS(=O)(=O)c1ccc(F)cc1. The van der Waals surface area contributed by atoms with Crippen molar-refractivity contribution in [1.29, 1.82) is 0 Å². The van der Waals surface area contributed by atoms with Gasteiger partial charge in [0.05, 0.1) is 10.6 Å². The van der Waals surface area contributed by atoms with Gasteiger partial charge in [0.15, 0.2) is 5.78 Å². The molecule has 4 aromatic carbocycles. The van der Waals surface area contributed by atoms with E-state index < -0.39 is 27.8 Å². The topological polar surface area (TPSA) is 92.3 Å². The number of hydrogen-bond donors (Lipinski definition) is 2. The number of amides is 1. The van der Waals surface area contributed by atoms with Crippen molar-refractivity contribution in [3.05, 3.63) is 131 Å². The summed E-state index contributed by atoms with van der Waals surface area (Å²) in [4.78, 5) is 26.4. The van der Waals surface area contributed by atoms with Gasteiger partial charge in [-0.2, -0.15) is 4.72 Å². The van der Waals surface area contributed by atoms with E-state index in [1.54, 1.807) is 60.7 Å². The molecular weight excluding hydrogens is 515 g/mol. The largest absolute Gasteiger partial charge is 0.324 e. The van der Waals surface area contributed by atoms with Crippen LogP contribution in [-0.4, -0.2) is 26.2 Å². The first-order valence-corrected chi connectivity index (χ1v) is 13.1. The maximum absolute atomic E-state index is 13.4. The van der Waals surface area contributed by atoms with Gasteiger partial charge in [0, 0.05) is 16.1 Å². The molecule has 0 radical (unpaired) electrons. The van der Waals surface area contributed by atoms with Gasteiger partial charge < -0.3 is 5.32 Å². The Bertz CT molecular complexity index is 1510. The minimum atomic E-state index is -4.18. The third-order valence-corrected chi connectivity index (χ3v) is 7.26. The molecule has 0 saturated heterocycles. The number of carbonyl (C=O) groups is 2. The molecular formula is C28H22ClFN2O4S. The summed E-state index contributed by atoms with van der Waals surface area (Å²) in [6.45, 7) is 0. The van der Waals surface area contributed by atoms with Gasteiger partial charge >= 0.3 is 0 Å². The second-order valence-corrected chi connectivity index (χ2v) is 10.3. The molecule has 0 bridgehead atoms. The molecule has 2 N–H and O–H groups in total. The molecule has 0 saturated carbocycles. The molecule has 0 aliphatic rings. The Morgan fingerprint density at radius 2 is 1.46 bits per heavy atom. The molecule has 1 amide bonds. The van der Waals surface area contributed by atoms with Crippen LogP contribution < -0.4 is 10.0 Å². The van der Waals surface area contributed by atoms with Gasteiger partial charge in [-0.15, -0.1) is 0 Å². The molecule has 4 aromatic rings. The number of rotatable bonds is 9. The van der Waals surface area contributed by atoms with Gasteiger partial charge in [0.25, 0.3) is 0 Å². The van der Waals surface area contributed by atoms with E-state index >= 15 is 0 Å². The Morgan fingerprint density at radius 3 is 2.11 bits per heavy atom. The lowest BCUT2D eigenvalue weighted by atomic mass is 10.0. The number of anilines is 1. The summed E-state index contributed by atoms with van der Waals surface area (Å²) in [5.41, 5.74) is 1.45. The van der Waals surface area contributed by atoms with E-state index in [0.29, 0.717) is 16.1 Å². The minimum Gasteiger partial charge on any atom is -0.324 e. The van der Waals surface area contributed by atoms with Crippen LogP contribution in [0.3, 0.4) is 0 Å². The first-order valence-electron chi connectivity index (χ1n) is 11.2. The molecule has 0 aliphatic carbocycles. The molecule has 6 nitrogen and oxygen atoms in total. The average molecular weight is 537 g/mol. The van der Waals surface area contributed by atoms with Gasteiger partial charge in [-0.25, -0.2) is 12.8 Å². The number of nitrogens with one attached hydrogen (secondary N) is 2. The average Bonchev–Trinajstić information content (AvgIpc) is 2.90. The van der Waals surface area contributed by atoms with E-state index in [-0.39, 0.29) is 28.4 Å². The molecule has 0 spiro atoms. The van der Waals surface area contributed by atoms with Crippen molar-refractivity contribution in [1.82, 2.24) is 4.72 Å². The molecule has 0 unspecified atom stereocenters. The minimum absolute atomic E-state index is 0.0304. The zero-order chi connectivity index (χ0) is 26.4. The maximum Gasteiger partial charge on any atom is 0.242 e.